The number of ether oxygens (including phenoxy) is 1. The zero-order valence-corrected chi connectivity index (χ0v) is 10.3. The maximum absolute atomic E-state index is 11.5. The molecule has 0 bridgehead atoms. The van der Waals surface area contributed by atoms with Crippen molar-refractivity contribution in [1.82, 2.24) is 5.32 Å². The molecule has 1 aliphatic rings. The third kappa shape index (κ3) is 3.40. The van der Waals surface area contributed by atoms with Crippen LogP contribution in [0.4, 0.5) is 0 Å². The molecular formula is C13H21NO2. The molecule has 0 aliphatic heterocycles. The van der Waals surface area contributed by atoms with Crippen LogP contribution in [0.2, 0.25) is 0 Å². The van der Waals surface area contributed by atoms with E-state index in [-0.39, 0.29) is 17.8 Å². The van der Waals surface area contributed by atoms with E-state index in [1.165, 1.54) is 13.5 Å². The first kappa shape index (κ1) is 12.8. The number of nitrogens with one attached hydrogen (secondary N) is 1. The average molecular weight is 223 g/mol. The number of hydrogen-bond donors (Lipinski definition) is 1. The van der Waals surface area contributed by atoms with Crippen molar-refractivity contribution in [3.05, 3.63) is 23.9 Å². The van der Waals surface area contributed by atoms with Gasteiger partial charge in [0.05, 0.1) is 13.0 Å². The van der Waals surface area contributed by atoms with Gasteiger partial charge < -0.3 is 10.1 Å². The number of esters is 1. The van der Waals surface area contributed by atoms with Crippen LogP contribution in [0.5, 0.6) is 0 Å². The second-order valence-corrected chi connectivity index (χ2v) is 4.17. The van der Waals surface area contributed by atoms with Gasteiger partial charge in [-0.1, -0.05) is 26.3 Å². The third-order valence-corrected chi connectivity index (χ3v) is 2.84. The molecule has 90 valence electrons. The molecule has 2 atom stereocenters. The Morgan fingerprint density at radius 1 is 1.56 bits per heavy atom. The molecule has 0 amide bonds. The van der Waals surface area contributed by atoms with Crippen LogP contribution in [0.1, 0.15) is 26.7 Å². The van der Waals surface area contributed by atoms with Gasteiger partial charge in [0.2, 0.25) is 0 Å². The smallest absolute Gasteiger partial charge is 0.313 e. The lowest BCUT2D eigenvalue weighted by atomic mass is 9.89. The van der Waals surface area contributed by atoms with E-state index < -0.39 is 0 Å². The largest absolute Gasteiger partial charge is 0.469 e. The van der Waals surface area contributed by atoms with E-state index >= 15 is 0 Å². The first-order valence-electron chi connectivity index (χ1n) is 5.90. The Morgan fingerprint density at radius 3 is 2.94 bits per heavy atom. The monoisotopic (exact) mass is 223 g/mol. The Hall–Kier alpha value is -1.25. The minimum Gasteiger partial charge on any atom is -0.469 e. The highest BCUT2D eigenvalue weighted by Crippen LogP contribution is 2.22. The van der Waals surface area contributed by atoms with Crippen molar-refractivity contribution < 1.29 is 9.53 Å². The summed E-state index contributed by atoms with van der Waals surface area (Å²) in [6, 6.07) is 0. The van der Waals surface area contributed by atoms with E-state index in [1.807, 2.05) is 19.1 Å². The van der Waals surface area contributed by atoms with Crippen molar-refractivity contribution in [2.24, 2.45) is 11.8 Å². The van der Waals surface area contributed by atoms with Crippen molar-refractivity contribution in [3.63, 3.8) is 0 Å². The van der Waals surface area contributed by atoms with E-state index in [0.29, 0.717) is 0 Å². The van der Waals surface area contributed by atoms with E-state index in [2.05, 4.69) is 18.3 Å². The van der Waals surface area contributed by atoms with Crippen molar-refractivity contribution >= 4 is 5.97 Å². The van der Waals surface area contributed by atoms with Gasteiger partial charge in [-0.15, -0.1) is 0 Å². The molecule has 1 N–H and O–H groups in total. The summed E-state index contributed by atoms with van der Waals surface area (Å²) in [5.41, 5.74) is 1.03. The number of methoxy groups -OCH3 is 1. The van der Waals surface area contributed by atoms with Gasteiger partial charge in [0.25, 0.3) is 0 Å². The summed E-state index contributed by atoms with van der Waals surface area (Å²) >= 11 is 0. The Kier molecular flexibility index (Phi) is 5.09. The van der Waals surface area contributed by atoms with Crippen LogP contribution in [0.15, 0.2) is 23.9 Å². The number of rotatable bonds is 5. The Morgan fingerprint density at radius 2 is 2.31 bits per heavy atom. The molecule has 1 aliphatic carbocycles. The molecule has 0 aromatic carbocycles. The van der Waals surface area contributed by atoms with E-state index in [4.69, 9.17) is 4.74 Å². The summed E-state index contributed by atoms with van der Waals surface area (Å²) in [7, 11) is 1.44. The molecule has 0 radical (unpaired) electrons. The fourth-order valence-electron chi connectivity index (χ4n) is 1.72. The van der Waals surface area contributed by atoms with Gasteiger partial charge in [0, 0.05) is 12.2 Å². The summed E-state index contributed by atoms with van der Waals surface area (Å²) < 4.78 is 4.79. The number of unbranched alkanes of at least 4 members (excludes halogenated alkanes) is 1. The molecule has 0 saturated heterocycles. The molecule has 3 nitrogen and oxygen atoms in total. The van der Waals surface area contributed by atoms with Gasteiger partial charge >= 0.3 is 5.97 Å². The maximum Gasteiger partial charge on any atom is 0.313 e. The highest BCUT2D eigenvalue weighted by atomic mass is 16.5. The lowest BCUT2D eigenvalue weighted by molar-refractivity contribution is -0.144. The first-order chi connectivity index (χ1) is 7.69. The van der Waals surface area contributed by atoms with Crippen LogP contribution in [-0.4, -0.2) is 19.6 Å². The van der Waals surface area contributed by atoms with Gasteiger partial charge in [-0.3, -0.25) is 4.79 Å². The molecule has 3 heteroatoms. The lowest BCUT2D eigenvalue weighted by Gasteiger charge is -2.21. The fraction of sp³-hybridized carbons (Fsp3) is 0.615. The van der Waals surface area contributed by atoms with Gasteiger partial charge in [0.1, 0.15) is 0 Å². The Bertz CT molecular complexity index is 294. The Balaban J connectivity index is 2.58. The maximum atomic E-state index is 11.5. The average Bonchev–Trinajstić information content (AvgIpc) is 2.30. The summed E-state index contributed by atoms with van der Waals surface area (Å²) in [6.07, 6.45) is 8.37. The fourth-order valence-corrected chi connectivity index (χ4v) is 1.72. The summed E-state index contributed by atoms with van der Waals surface area (Å²) in [4.78, 5) is 11.5. The molecular weight excluding hydrogens is 202 g/mol. The second-order valence-electron chi connectivity index (χ2n) is 4.17. The van der Waals surface area contributed by atoms with Crippen molar-refractivity contribution in [1.29, 1.82) is 0 Å². The van der Waals surface area contributed by atoms with Crippen LogP contribution in [0.3, 0.4) is 0 Å². The summed E-state index contributed by atoms with van der Waals surface area (Å²) in [5.74, 6) is -0.102. The minimum absolute atomic E-state index is 0.154. The molecule has 0 fully saturated rings. The molecule has 0 heterocycles. The number of allylic oxidation sites excluding steroid dienone is 2. The zero-order valence-electron chi connectivity index (χ0n) is 10.3. The van der Waals surface area contributed by atoms with E-state index in [0.717, 1.165) is 18.7 Å². The lowest BCUT2D eigenvalue weighted by Crippen LogP contribution is -2.25. The standard InChI is InChI=1S/C13H21NO2/c1-4-5-8-14-11-7-6-10(2)12(9-11)13(15)16-3/h6-7,9-10,12,14H,4-5,8H2,1-3H3. The van der Waals surface area contributed by atoms with Crippen LogP contribution in [0, 0.1) is 11.8 Å². The van der Waals surface area contributed by atoms with E-state index in [9.17, 15) is 4.79 Å². The Labute approximate surface area is 97.6 Å². The van der Waals surface area contributed by atoms with Gasteiger partial charge in [0.15, 0.2) is 0 Å². The van der Waals surface area contributed by atoms with E-state index in [1.54, 1.807) is 0 Å². The quantitative estimate of drug-likeness (QED) is 0.574. The van der Waals surface area contributed by atoms with Gasteiger partial charge in [-0.25, -0.2) is 0 Å². The molecule has 16 heavy (non-hydrogen) atoms. The highest BCUT2D eigenvalue weighted by molar-refractivity contribution is 5.75. The van der Waals surface area contributed by atoms with Crippen LogP contribution >= 0.6 is 0 Å². The summed E-state index contributed by atoms with van der Waals surface area (Å²) in [6.45, 7) is 5.14. The normalized spacial score (nSPS) is 23.8. The second kappa shape index (κ2) is 6.36. The molecule has 0 aromatic rings. The summed E-state index contributed by atoms with van der Waals surface area (Å²) in [5, 5.41) is 3.32. The highest BCUT2D eigenvalue weighted by Gasteiger charge is 2.24. The van der Waals surface area contributed by atoms with Crippen LogP contribution < -0.4 is 5.32 Å². The molecule has 0 saturated carbocycles. The predicted molar refractivity (Wildman–Crippen MR) is 64.8 cm³/mol. The van der Waals surface area contributed by atoms with Crippen LogP contribution in [-0.2, 0) is 9.53 Å². The minimum atomic E-state index is -0.161. The third-order valence-electron chi connectivity index (χ3n) is 2.84. The molecule has 1 rings (SSSR count). The van der Waals surface area contributed by atoms with Gasteiger partial charge in [-0.05, 0) is 24.5 Å². The van der Waals surface area contributed by atoms with Gasteiger partial charge in [-0.2, -0.15) is 0 Å². The molecule has 2 unspecified atom stereocenters. The molecule has 0 aromatic heterocycles. The van der Waals surface area contributed by atoms with Crippen molar-refractivity contribution in [2.45, 2.75) is 26.7 Å². The SMILES string of the molecule is CCCCNC1=CC(C(=O)OC)C(C)C=C1. The predicted octanol–water partition coefficient (Wildman–Crippen LogP) is 2.26. The zero-order chi connectivity index (χ0) is 12.0. The first-order valence-corrected chi connectivity index (χ1v) is 5.90. The molecule has 0 spiro atoms. The van der Waals surface area contributed by atoms with Crippen LogP contribution in [0.25, 0.3) is 0 Å². The number of carbonyl (C=O) groups is 1. The van der Waals surface area contributed by atoms with Crippen molar-refractivity contribution in [2.75, 3.05) is 13.7 Å². The number of carbonyl (C=O) groups excluding carboxylic acids is 1. The topological polar surface area (TPSA) is 38.3 Å². The van der Waals surface area contributed by atoms with Crippen molar-refractivity contribution in [3.8, 4) is 0 Å². The number of hydrogen-bond acceptors (Lipinski definition) is 3.